The Bertz CT molecular complexity index is 299. The van der Waals surface area contributed by atoms with E-state index in [1.54, 1.807) is 0 Å². The van der Waals surface area contributed by atoms with Crippen LogP contribution in [0.25, 0.3) is 0 Å². The summed E-state index contributed by atoms with van der Waals surface area (Å²) in [4.78, 5) is 4.35. The zero-order chi connectivity index (χ0) is 11.5. The minimum atomic E-state index is 0.370. The molecule has 0 fully saturated rings. The summed E-state index contributed by atoms with van der Waals surface area (Å²) in [7, 11) is 2.06. The molecule has 0 aliphatic heterocycles. The van der Waals surface area contributed by atoms with Crippen LogP contribution in [0.5, 0.6) is 0 Å². The molecule has 0 aliphatic carbocycles. The molecule has 1 heterocycles. The SMILES string of the molecule is Cn1ccnc1CCC(CBr)C(C)(C)C. The second-order valence-electron chi connectivity index (χ2n) is 5.21. The third-order valence-electron chi connectivity index (χ3n) is 3.05. The predicted molar refractivity (Wildman–Crippen MR) is 68.3 cm³/mol. The molecule has 86 valence electrons. The smallest absolute Gasteiger partial charge is 0.108 e. The van der Waals surface area contributed by atoms with Crippen molar-refractivity contribution in [3.05, 3.63) is 18.2 Å². The van der Waals surface area contributed by atoms with Gasteiger partial charge in [0, 0.05) is 31.2 Å². The largest absolute Gasteiger partial charge is 0.338 e. The van der Waals surface area contributed by atoms with Crippen molar-refractivity contribution < 1.29 is 0 Å². The Morgan fingerprint density at radius 1 is 1.47 bits per heavy atom. The van der Waals surface area contributed by atoms with Crippen LogP contribution in [0, 0.1) is 11.3 Å². The van der Waals surface area contributed by atoms with Crippen molar-refractivity contribution in [2.24, 2.45) is 18.4 Å². The number of rotatable bonds is 4. The van der Waals surface area contributed by atoms with E-state index in [0.29, 0.717) is 11.3 Å². The van der Waals surface area contributed by atoms with E-state index in [1.807, 2.05) is 12.4 Å². The fraction of sp³-hybridized carbons (Fsp3) is 0.750. The maximum atomic E-state index is 4.35. The average molecular weight is 273 g/mol. The molecule has 0 amide bonds. The van der Waals surface area contributed by atoms with Crippen molar-refractivity contribution in [3.63, 3.8) is 0 Å². The van der Waals surface area contributed by atoms with E-state index in [4.69, 9.17) is 0 Å². The van der Waals surface area contributed by atoms with Crippen molar-refractivity contribution in [2.75, 3.05) is 5.33 Å². The molecule has 0 radical (unpaired) electrons. The molecule has 2 nitrogen and oxygen atoms in total. The van der Waals surface area contributed by atoms with Crippen LogP contribution in [0.2, 0.25) is 0 Å². The Labute approximate surface area is 101 Å². The number of imidazole rings is 1. The zero-order valence-electron chi connectivity index (χ0n) is 10.1. The minimum absolute atomic E-state index is 0.370. The summed E-state index contributed by atoms with van der Waals surface area (Å²) in [5, 5.41) is 1.07. The number of alkyl halides is 1. The molecule has 0 aromatic carbocycles. The highest BCUT2D eigenvalue weighted by molar-refractivity contribution is 9.09. The molecule has 1 rings (SSSR count). The van der Waals surface area contributed by atoms with E-state index in [1.165, 1.54) is 12.2 Å². The first-order chi connectivity index (χ1) is 6.95. The summed E-state index contributed by atoms with van der Waals surface area (Å²) < 4.78 is 2.11. The molecule has 0 spiro atoms. The normalized spacial score (nSPS) is 14.2. The molecule has 3 heteroatoms. The Hall–Kier alpha value is -0.310. The summed E-state index contributed by atoms with van der Waals surface area (Å²) in [6.07, 6.45) is 6.14. The van der Waals surface area contributed by atoms with Crippen LogP contribution >= 0.6 is 15.9 Å². The Balaban J connectivity index is 2.52. The molecule has 0 saturated carbocycles. The first-order valence-corrected chi connectivity index (χ1v) is 6.59. The molecule has 1 atom stereocenters. The third-order valence-corrected chi connectivity index (χ3v) is 3.83. The van der Waals surface area contributed by atoms with Gasteiger partial charge in [0.15, 0.2) is 0 Å². The molecular weight excluding hydrogens is 252 g/mol. The van der Waals surface area contributed by atoms with Gasteiger partial charge in [0.25, 0.3) is 0 Å². The van der Waals surface area contributed by atoms with Gasteiger partial charge in [0.05, 0.1) is 0 Å². The molecule has 0 N–H and O–H groups in total. The lowest BCUT2D eigenvalue weighted by Gasteiger charge is -2.29. The van der Waals surface area contributed by atoms with Gasteiger partial charge >= 0.3 is 0 Å². The topological polar surface area (TPSA) is 17.8 Å². The fourth-order valence-electron chi connectivity index (χ4n) is 1.68. The first kappa shape index (κ1) is 12.8. The number of nitrogens with zero attached hydrogens (tertiary/aromatic N) is 2. The van der Waals surface area contributed by atoms with Crippen LogP contribution in [-0.4, -0.2) is 14.9 Å². The second-order valence-corrected chi connectivity index (χ2v) is 5.86. The van der Waals surface area contributed by atoms with Gasteiger partial charge in [0.1, 0.15) is 5.82 Å². The summed E-state index contributed by atoms with van der Waals surface area (Å²) >= 11 is 3.61. The van der Waals surface area contributed by atoms with Gasteiger partial charge < -0.3 is 4.57 Å². The van der Waals surface area contributed by atoms with Gasteiger partial charge in [-0.25, -0.2) is 4.98 Å². The fourth-order valence-corrected chi connectivity index (χ4v) is 2.98. The molecule has 1 aromatic heterocycles. The third kappa shape index (κ3) is 3.63. The molecule has 0 aliphatic rings. The summed E-state index contributed by atoms with van der Waals surface area (Å²) in [6.45, 7) is 6.91. The first-order valence-electron chi connectivity index (χ1n) is 5.47. The van der Waals surface area contributed by atoms with Crippen LogP contribution in [0.15, 0.2) is 12.4 Å². The number of hydrogen-bond donors (Lipinski definition) is 0. The van der Waals surface area contributed by atoms with E-state index in [2.05, 4.69) is 53.3 Å². The summed E-state index contributed by atoms with van der Waals surface area (Å²) in [5.74, 6) is 1.89. The monoisotopic (exact) mass is 272 g/mol. The highest BCUT2D eigenvalue weighted by Crippen LogP contribution is 2.30. The molecular formula is C12H21BrN2. The van der Waals surface area contributed by atoms with Gasteiger partial charge in [-0.15, -0.1) is 0 Å². The Kier molecular flexibility index (Phi) is 4.38. The lowest BCUT2D eigenvalue weighted by atomic mass is 9.79. The Morgan fingerprint density at radius 3 is 2.53 bits per heavy atom. The molecule has 15 heavy (non-hydrogen) atoms. The van der Waals surface area contributed by atoms with Crippen LogP contribution in [-0.2, 0) is 13.5 Å². The zero-order valence-corrected chi connectivity index (χ0v) is 11.7. The molecule has 0 bridgehead atoms. The predicted octanol–water partition coefficient (Wildman–Crippen LogP) is 3.41. The van der Waals surface area contributed by atoms with E-state index in [0.717, 1.165) is 11.8 Å². The van der Waals surface area contributed by atoms with Crippen molar-refractivity contribution in [2.45, 2.75) is 33.6 Å². The van der Waals surface area contributed by atoms with Crippen LogP contribution < -0.4 is 0 Å². The highest BCUT2D eigenvalue weighted by Gasteiger charge is 2.23. The van der Waals surface area contributed by atoms with E-state index >= 15 is 0 Å². The molecule has 0 saturated heterocycles. The summed E-state index contributed by atoms with van der Waals surface area (Å²) in [6, 6.07) is 0. The van der Waals surface area contributed by atoms with E-state index in [-0.39, 0.29) is 0 Å². The standard InChI is InChI=1S/C12H21BrN2/c1-12(2,3)10(9-13)5-6-11-14-7-8-15(11)4/h7-8,10H,5-6,9H2,1-4H3. The molecule has 1 aromatic rings. The van der Waals surface area contributed by atoms with Gasteiger partial charge in [-0.2, -0.15) is 0 Å². The van der Waals surface area contributed by atoms with E-state index < -0.39 is 0 Å². The van der Waals surface area contributed by atoms with Gasteiger partial charge in [-0.1, -0.05) is 36.7 Å². The lowest BCUT2D eigenvalue weighted by molar-refractivity contribution is 0.252. The van der Waals surface area contributed by atoms with Crippen LogP contribution in [0.3, 0.4) is 0 Å². The molecule has 1 unspecified atom stereocenters. The highest BCUT2D eigenvalue weighted by atomic mass is 79.9. The Morgan fingerprint density at radius 2 is 2.13 bits per heavy atom. The quantitative estimate of drug-likeness (QED) is 0.769. The average Bonchev–Trinajstić information content (AvgIpc) is 2.50. The number of aromatic nitrogens is 2. The van der Waals surface area contributed by atoms with Crippen molar-refractivity contribution in [1.29, 1.82) is 0 Å². The van der Waals surface area contributed by atoms with Crippen molar-refractivity contribution in [1.82, 2.24) is 9.55 Å². The second kappa shape index (κ2) is 5.15. The number of hydrogen-bond acceptors (Lipinski definition) is 1. The number of halogens is 1. The maximum Gasteiger partial charge on any atom is 0.108 e. The van der Waals surface area contributed by atoms with Crippen LogP contribution in [0.1, 0.15) is 33.0 Å². The van der Waals surface area contributed by atoms with Gasteiger partial charge in [-0.05, 0) is 17.8 Å². The number of aryl methyl sites for hydroxylation is 2. The van der Waals surface area contributed by atoms with Crippen molar-refractivity contribution >= 4 is 15.9 Å². The van der Waals surface area contributed by atoms with Gasteiger partial charge in [-0.3, -0.25) is 0 Å². The summed E-state index contributed by atoms with van der Waals surface area (Å²) in [5.41, 5.74) is 0.370. The minimum Gasteiger partial charge on any atom is -0.338 e. The van der Waals surface area contributed by atoms with Gasteiger partial charge in [0.2, 0.25) is 0 Å². The lowest BCUT2D eigenvalue weighted by Crippen LogP contribution is -2.22. The van der Waals surface area contributed by atoms with Crippen molar-refractivity contribution in [3.8, 4) is 0 Å². The van der Waals surface area contributed by atoms with E-state index in [9.17, 15) is 0 Å². The van der Waals surface area contributed by atoms with Crippen LogP contribution in [0.4, 0.5) is 0 Å². The maximum absolute atomic E-state index is 4.35.